The lowest BCUT2D eigenvalue weighted by molar-refractivity contribution is 0.204. The molecule has 88 valence electrons. The van der Waals surface area contributed by atoms with E-state index in [-0.39, 0.29) is 0 Å². The maximum Gasteiger partial charge on any atom is 0.0478 e. The smallest absolute Gasteiger partial charge is 0.0478 e. The molecule has 0 aliphatic carbocycles. The van der Waals surface area contributed by atoms with Gasteiger partial charge >= 0.3 is 0 Å². The summed E-state index contributed by atoms with van der Waals surface area (Å²) in [6.07, 6.45) is 0. The Bertz CT molecular complexity index is 356. The lowest BCUT2D eigenvalue weighted by Gasteiger charge is -2.36. The molecule has 0 fully saturated rings. The lowest BCUT2D eigenvalue weighted by Crippen LogP contribution is -2.40. The van der Waals surface area contributed by atoms with E-state index < -0.39 is 0 Å². The van der Waals surface area contributed by atoms with Gasteiger partial charge in [-0.3, -0.25) is 4.90 Å². The molecule has 1 aromatic rings. The first-order valence-corrected chi connectivity index (χ1v) is 6.31. The van der Waals surface area contributed by atoms with Gasteiger partial charge in [-0.2, -0.15) is 0 Å². The average Bonchev–Trinajstić information content (AvgIpc) is 2.31. The van der Waals surface area contributed by atoms with Gasteiger partial charge in [0.15, 0.2) is 0 Å². The molecule has 1 heterocycles. The van der Waals surface area contributed by atoms with Crippen molar-refractivity contribution in [3.8, 4) is 0 Å². The van der Waals surface area contributed by atoms with Crippen molar-refractivity contribution in [2.45, 2.75) is 33.4 Å². The number of hydrogen-bond acceptors (Lipinski definition) is 2. The van der Waals surface area contributed by atoms with Gasteiger partial charge in [0.2, 0.25) is 0 Å². The standard InChI is InChI=1S/C14H22N2/c1-4-16(5-2)13-10-15-9-12-8-6-7-11(3)14(12)13/h6-8,13,15H,4-5,9-10H2,1-3H3/t13-/m1/s1. The Morgan fingerprint density at radius 1 is 1.31 bits per heavy atom. The molecule has 0 bridgehead atoms. The molecule has 0 saturated heterocycles. The predicted octanol–water partition coefficient (Wildman–Crippen LogP) is 2.48. The Labute approximate surface area is 98.7 Å². The molecule has 16 heavy (non-hydrogen) atoms. The van der Waals surface area contributed by atoms with Crippen molar-refractivity contribution in [2.75, 3.05) is 19.6 Å². The van der Waals surface area contributed by atoms with Gasteiger partial charge in [0.05, 0.1) is 0 Å². The van der Waals surface area contributed by atoms with Crippen LogP contribution >= 0.6 is 0 Å². The van der Waals surface area contributed by atoms with Gasteiger partial charge in [-0.15, -0.1) is 0 Å². The van der Waals surface area contributed by atoms with Crippen molar-refractivity contribution in [2.24, 2.45) is 0 Å². The van der Waals surface area contributed by atoms with Crippen molar-refractivity contribution in [1.82, 2.24) is 10.2 Å². The number of nitrogens with one attached hydrogen (secondary N) is 1. The molecule has 0 saturated carbocycles. The fourth-order valence-electron chi connectivity index (χ4n) is 2.79. The number of fused-ring (bicyclic) bond motifs is 1. The van der Waals surface area contributed by atoms with Gasteiger partial charge in [-0.05, 0) is 36.7 Å². The Morgan fingerprint density at radius 3 is 2.75 bits per heavy atom. The third kappa shape index (κ3) is 2.00. The van der Waals surface area contributed by atoms with E-state index >= 15 is 0 Å². The third-order valence-corrected chi connectivity index (χ3v) is 3.65. The number of hydrogen-bond donors (Lipinski definition) is 1. The predicted molar refractivity (Wildman–Crippen MR) is 68.5 cm³/mol. The molecule has 1 atom stereocenters. The van der Waals surface area contributed by atoms with Crippen molar-refractivity contribution in [3.05, 3.63) is 34.9 Å². The van der Waals surface area contributed by atoms with E-state index in [9.17, 15) is 0 Å². The summed E-state index contributed by atoms with van der Waals surface area (Å²) in [5.74, 6) is 0. The minimum atomic E-state index is 0.556. The summed E-state index contributed by atoms with van der Waals surface area (Å²) in [6.45, 7) is 11.1. The van der Waals surface area contributed by atoms with Gasteiger partial charge in [0, 0.05) is 19.1 Å². The first-order valence-electron chi connectivity index (χ1n) is 6.31. The van der Waals surface area contributed by atoms with E-state index in [0.29, 0.717) is 6.04 Å². The van der Waals surface area contributed by atoms with Gasteiger partial charge in [-0.1, -0.05) is 32.0 Å². The first-order chi connectivity index (χ1) is 7.77. The van der Waals surface area contributed by atoms with Crippen molar-refractivity contribution in [3.63, 3.8) is 0 Å². The zero-order valence-corrected chi connectivity index (χ0v) is 10.6. The van der Waals surface area contributed by atoms with E-state index in [1.807, 2.05) is 0 Å². The molecule has 1 aliphatic heterocycles. The number of rotatable bonds is 3. The van der Waals surface area contributed by atoms with E-state index in [1.54, 1.807) is 5.56 Å². The summed E-state index contributed by atoms with van der Waals surface area (Å²) in [6, 6.07) is 7.21. The highest BCUT2D eigenvalue weighted by Gasteiger charge is 2.25. The zero-order valence-electron chi connectivity index (χ0n) is 10.6. The lowest BCUT2D eigenvalue weighted by atomic mass is 9.91. The van der Waals surface area contributed by atoms with Gasteiger partial charge < -0.3 is 5.32 Å². The molecular weight excluding hydrogens is 196 g/mol. The summed E-state index contributed by atoms with van der Waals surface area (Å²) in [4.78, 5) is 2.54. The molecule has 2 nitrogen and oxygen atoms in total. The third-order valence-electron chi connectivity index (χ3n) is 3.65. The number of nitrogens with zero attached hydrogens (tertiary/aromatic N) is 1. The van der Waals surface area contributed by atoms with E-state index in [4.69, 9.17) is 0 Å². The quantitative estimate of drug-likeness (QED) is 0.838. The Kier molecular flexibility index (Phi) is 3.62. The van der Waals surface area contributed by atoms with Crippen LogP contribution in [0.25, 0.3) is 0 Å². The maximum atomic E-state index is 3.53. The second-order valence-corrected chi connectivity index (χ2v) is 4.52. The Morgan fingerprint density at radius 2 is 2.06 bits per heavy atom. The minimum Gasteiger partial charge on any atom is -0.311 e. The first kappa shape index (κ1) is 11.6. The van der Waals surface area contributed by atoms with Gasteiger partial charge in [0.25, 0.3) is 0 Å². The number of benzene rings is 1. The summed E-state index contributed by atoms with van der Waals surface area (Å²) < 4.78 is 0. The molecule has 1 N–H and O–H groups in total. The fourth-order valence-corrected chi connectivity index (χ4v) is 2.79. The topological polar surface area (TPSA) is 15.3 Å². The molecule has 2 heteroatoms. The van der Waals surface area contributed by atoms with Crippen LogP contribution in [0.5, 0.6) is 0 Å². The van der Waals surface area contributed by atoms with Crippen LogP contribution in [0.3, 0.4) is 0 Å². The molecule has 1 aromatic carbocycles. The van der Waals surface area contributed by atoms with Crippen molar-refractivity contribution in [1.29, 1.82) is 0 Å². The molecule has 0 unspecified atom stereocenters. The van der Waals surface area contributed by atoms with Gasteiger partial charge in [-0.25, -0.2) is 0 Å². The monoisotopic (exact) mass is 218 g/mol. The highest BCUT2D eigenvalue weighted by molar-refractivity contribution is 5.38. The Hall–Kier alpha value is -0.860. The highest BCUT2D eigenvalue weighted by atomic mass is 15.2. The molecule has 0 aromatic heterocycles. The second-order valence-electron chi connectivity index (χ2n) is 4.52. The average molecular weight is 218 g/mol. The molecule has 1 aliphatic rings. The van der Waals surface area contributed by atoms with Crippen LogP contribution in [0.2, 0.25) is 0 Å². The SMILES string of the molecule is CCN(CC)[C@@H]1CNCc2cccc(C)c21. The summed E-state index contributed by atoms with van der Waals surface area (Å²) in [7, 11) is 0. The van der Waals surface area contributed by atoms with Crippen molar-refractivity contribution >= 4 is 0 Å². The highest BCUT2D eigenvalue weighted by Crippen LogP contribution is 2.29. The van der Waals surface area contributed by atoms with Crippen LogP contribution in [-0.2, 0) is 6.54 Å². The molecular formula is C14H22N2. The number of likely N-dealkylation sites (N-methyl/N-ethyl adjacent to an activating group) is 1. The van der Waals surface area contributed by atoms with Crippen molar-refractivity contribution < 1.29 is 0 Å². The maximum absolute atomic E-state index is 3.53. The van der Waals surface area contributed by atoms with Gasteiger partial charge in [0.1, 0.15) is 0 Å². The summed E-state index contributed by atoms with van der Waals surface area (Å²) >= 11 is 0. The fraction of sp³-hybridized carbons (Fsp3) is 0.571. The zero-order chi connectivity index (χ0) is 11.5. The minimum absolute atomic E-state index is 0.556. The van der Waals surface area contributed by atoms with Crippen LogP contribution in [0.1, 0.15) is 36.6 Å². The van der Waals surface area contributed by atoms with Crippen LogP contribution in [0.15, 0.2) is 18.2 Å². The van der Waals surface area contributed by atoms with Crippen LogP contribution in [0.4, 0.5) is 0 Å². The van der Waals surface area contributed by atoms with Crippen LogP contribution in [-0.4, -0.2) is 24.5 Å². The second kappa shape index (κ2) is 4.98. The molecule has 0 amide bonds. The van der Waals surface area contributed by atoms with Crippen LogP contribution in [0, 0.1) is 6.92 Å². The largest absolute Gasteiger partial charge is 0.311 e. The van der Waals surface area contributed by atoms with E-state index in [0.717, 1.165) is 26.2 Å². The van der Waals surface area contributed by atoms with E-state index in [1.165, 1.54) is 11.1 Å². The molecule has 0 spiro atoms. The molecule has 2 rings (SSSR count). The summed E-state index contributed by atoms with van der Waals surface area (Å²) in [5, 5.41) is 3.53. The normalized spacial score (nSPS) is 19.9. The Balaban J connectivity index is 2.38. The summed E-state index contributed by atoms with van der Waals surface area (Å²) in [5.41, 5.74) is 4.48. The number of aryl methyl sites for hydroxylation is 1. The van der Waals surface area contributed by atoms with E-state index in [2.05, 4.69) is 49.2 Å². The molecule has 0 radical (unpaired) electrons. The van der Waals surface area contributed by atoms with Crippen LogP contribution < -0.4 is 5.32 Å².